The molecule has 0 aliphatic carbocycles. The van der Waals surface area contributed by atoms with Crippen LogP contribution in [-0.4, -0.2) is 27.9 Å². The van der Waals surface area contributed by atoms with Gasteiger partial charge < -0.3 is 4.74 Å². The van der Waals surface area contributed by atoms with Crippen LogP contribution in [0.2, 0.25) is 0 Å². The van der Waals surface area contributed by atoms with E-state index in [-0.39, 0.29) is 17.7 Å². The van der Waals surface area contributed by atoms with Crippen LogP contribution < -0.4 is 5.56 Å². The van der Waals surface area contributed by atoms with Crippen LogP contribution in [0.3, 0.4) is 0 Å². The van der Waals surface area contributed by atoms with Crippen LogP contribution in [0.4, 0.5) is 4.39 Å². The van der Waals surface area contributed by atoms with Crippen LogP contribution in [0.5, 0.6) is 0 Å². The summed E-state index contributed by atoms with van der Waals surface area (Å²) in [7, 11) is 0. The number of rotatable bonds is 5. The molecule has 0 N–H and O–H groups in total. The van der Waals surface area contributed by atoms with Crippen molar-refractivity contribution in [3.8, 4) is 0 Å². The quantitative estimate of drug-likeness (QED) is 0.524. The van der Waals surface area contributed by atoms with Gasteiger partial charge in [-0.1, -0.05) is 12.1 Å². The molecule has 6 nitrogen and oxygen atoms in total. The van der Waals surface area contributed by atoms with Gasteiger partial charge in [0, 0.05) is 5.56 Å². The third-order valence-corrected chi connectivity index (χ3v) is 3.56. The van der Waals surface area contributed by atoms with E-state index >= 15 is 0 Å². The van der Waals surface area contributed by atoms with Gasteiger partial charge in [0.2, 0.25) is 0 Å². The normalized spacial score (nSPS) is 10.6. The Kier molecular flexibility index (Phi) is 4.65. The Hall–Kier alpha value is -3.35. The lowest BCUT2D eigenvalue weighted by atomic mass is 10.1. The number of para-hydroxylation sites is 1. The highest BCUT2D eigenvalue weighted by atomic mass is 19.1. The summed E-state index contributed by atoms with van der Waals surface area (Å²) in [5.74, 6) is -1.66. The van der Waals surface area contributed by atoms with E-state index in [0.29, 0.717) is 10.9 Å². The summed E-state index contributed by atoms with van der Waals surface area (Å²) >= 11 is 0. The third kappa shape index (κ3) is 3.77. The molecule has 7 heteroatoms. The number of fused-ring (bicyclic) bond motifs is 1. The average molecular weight is 340 g/mol. The van der Waals surface area contributed by atoms with E-state index in [9.17, 15) is 18.8 Å². The molecule has 2 aromatic carbocycles. The SMILES string of the molecule is O=C(Cn1cnc2ccccc2c1=O)OCC(=O)c1ccc(F)cc1. The lowest BCUT2D eigenvalue weighted by Crippen LogP contribution is -2.26. The van der Waals surface area contributed by atoms with Gasteiger partial charge in [-0.15, -0.1) is 0 Å². The minimum Gasteiger partial charge on any atom is -0.456 e. The van der Waals surface area contributed by atoms with Crippen molar-refractivity contribution in [2.75, 3.05) is 6.61 Å². The van der Waals surface area contributed by atoms with E-state index in [1.807, 2.05) is 0 Å². The largest absolute Gasteiger partial charge is 0.456 e. The lowest BCUT2D eigenvalue weighted by molar-refractivity contribution is -0.143. The van der Waals surface area contributed by atoms with Crippen molar-refractivity contribution in [1.29, 1.82) is 0 Å². The highest BCUT2D eigenvalue weighted by Gasteiger charge is 2.12. The van der Waals surface area contributed by atoms with E-state index in [2.05, 4.69) is 4.98 Å². The number of benzene rings is 2. The van der Waals surface area contributed by atoms with Gasteiger partial charge in [0.15, 0.2) is 12.4 Å². The minimum atomic E-state index is -0.741. The second-order valence-electron chi connectivity index (χ2n) is 5.29. The monoisotopic (exact) mass is 340 g/mol. The van der Waals surface area contributed by atoms with E-state index in [1.54, 1.807) is 24.3 Å². The fourth-order valence-electron chi connectivity index (χ4n) is 2.27. The molecule has 0 amide bonds. The fraction of sp³-hybridized carbons (Fsp3) is 0.111. The van der Waals surface area contributed by atoms with Crippen molar-refractivity contribution >= 4 is 22.7 Å². The molecule has 0 aliphatic heterocycles. The first kappa shape index (κ1) is 16.5. The molecule has 3 rings (SSSR count). The molecule has 0 bridgehead atoms. The van der Waals surface area contributed by atoms with Crippen molar-refractivity contribution in [3.05, 3.63) is 76.6 Å². The number of aromatic nitrogens is 2. The van der Waals surface area contributed by atoms with Crippen molar-refractivity contribution in [3.63, 3.8) is 0 Å². The second-order valence-corrected chi connectivity index (χ2v) is 5.29. The number of carbonyl (C=O) groups excluding carboxylic acids is 2. The summed E-state index contributed by atoms with van der Waals surface area (Å²) in [5, 5.41) is 0.389. The number of hydrogen-bond donors (Lipinski definition) is 0. The number of carbonyl (C=O) groups is 2. The first-order chi connectivity index (χ1) is 12.0. The van der Waals surface area contributed by atoms with Crippen LogP contribution in [0.25, 0.3) is 10.9 Å². The fourth-order valence-corrected chi connectivity index (χ4v) is 2.27. The molecule has 3 aromatic rings. The molecular weight excluding hydrogens is 327 g/mol. The summed E-state index contributed by atoms with van der Waals surface area (Å²) < 4.78 is 18.8. The van der Waals surface area contributed by atoms with Crippen molar-refractivity contribution in [2.45, 2.75) is 6.54 Å². The van der Waals surface area contributed by atoms with Gasteiger partial charge in [-0.25, -0.2) is 9.37 Å². The molecule has 0 saturated heterocycles. The first-order valence-electron chi connectivity index (χ1n) is 7.43. The Morgan fingerprint density at radius 3 is 2.56 bits per heavy atom. The smallest absolute Gasteiger partial charge is 0.326 e. The summed E-state index contributed by atoms with van der Waals surface area (Å²) in [6.07, 6.45) is 1.26. The molecule has 1 aromatic heterocycles. The highest BCUT2D eigenvalue weighted by Crippen LogP contribution is 2.06. The summed E-state index contributed by atoms with van der Waals surface area (Å²) in [6.45, 7) is -0.840. The Labute approximate surface area is 141 Å². The molecule has 0 saturated carbocycles. The Morgan fingerprint density at radius 2 is 1.80 bits per heavy atom. The minimum absolute atomic E-state index is 0.235. The number of ketones is 1. The Balaban J connectivity index is 1.65. The van der Waals surface area contributed by atoms with Crippen molar-refractivity contribution in [2.24, 2.45) is 0 Å². The number of esters is 1. The average Bonchev–Trinajstić information content (AvgIpc) is 2.63. The van der Waals surface area contributed by atoms with Crippen molar-refractivity contribution < 1.29 is 18.7 Å². The highest BCUT2D eigenvalue weighted by molar-refractivity contribution is 5.97. The molecule has 0 spiro atoms. The Morgan fingerprint density at radius 1 is 1.08 bits per heavy atom. The van der Waals surface area contributed by atoms with Crippen LogP contribution >= 0.6 is 0 Å². The van der Waals surface area contributed by atoms with E-state index < -0.39 is 24.2 Å². The predicted octanol–water partition coefficient (Wildman–Crippen LogP) is 1.96. The van der Waals surface area contributed by atoms with Crippen molar-refractivity contribution in [1.82, 2.24) is 9.55 Å². The zero-order valence-electron chi connectivity index (χ0n) is 13.0. The van der Waals surface area contributed by atoms with E-state index in [1.165, 1.54) is 18.5 Å². The number of ether oxygens (including phenoxy) is 1. The van der Waals surface area contributed by atoms with Crippen LogP contribution in [0.15, 0.2) is 59.7 Å². The lowest BCUT2D eigenvalue weighted by Gasteiger charge is -2.07. The first-order valence-corrected chi connectivity index (χ1v) is 7.43. The topological polar surface area (TPSA) is 78.3 Å². The maximum atomic E-state index is 12.8. The molecule has 0 aliphatic rings. The maximum absolute atomic E-state index is 12.8. The van der Waals surface area contributed by atoms with Gasteiger partial charge in [0.05, 0.1) is 17.2 Å². The third-order valence-electron chi connectivity index (χ3n) is 3.56. The molecule has 0 unspecified atom stereocenters. The number of halogens is 1. The number of Topliss-reactive ketones (excluding diaryl/α,β-unsaturated/α-hetero) is 1. The Bertz CT molecular complexity index is 996. The second kappa shape index (κ2) is 7.04. The maximum Gasteiger partial charge on any atom is 0.326 e. The van der Waals surface area contributed by atoms with Gasteiger partial charge in [-0.3, -0.25) is 19.0 Å². The summed E-state index contributed by atoms with van der Waals surface area (Å²) in [5.41, 5.74) is 0.398. The van der Waals surface area contributed by atoms with Gasteiger partial charge in [0.25, 0.3) is 5.56 Å². The zero-order chi connectivity index (χ0) is 17.8. The molecule has 0 fully saturated rings. The number of hydrogen-bond acceptors (Lipinski definition) is 5. The standard InChI is InChI=1S/C18H13FN2O4/c19-13-7-5-12(6-8-13)16(22)10-25-17(23)9-21-11-20-15-4-2-1-3-14(15)18(21)24/h1-8,11H,9-10H2. The number of nitrogens with zero attached hydrogens (tertiary/aromatic N) is 2. The molecule has 25 heavy (non-hydrogen) atoms. The zero-order valence-corrected chi connectivity index (χ0v) is 13.0. The van der Waals surface area contributed by atoms with Crippen LogP contribution in [-0.2, 0) is 16.1 Å². The van der Waals surface area contributed by atoms with Gasteiger partial charge in [0.1, 0.15) is 12.4 Å². The van der Waals surface area contributed by atoms with Gasteiger partial charge in [-0.05, 0) is 36.4 Å². The molecule has 0 radical (unpaired) electrons. The van der Waals surface area contributed by atoms with Crippen LogP contribution in [0, 0.1) is 5.82 Å². The summed E-state index contributed by atoms with van der Waals surface area (Å²) in [4.78, 5) is 40.1. The predicted molar refractivity (Wildman–Crippen MR) is 87.7 cm³/mol. The van der Waals surface area contributed by atoms with E-state index in [0.717, 1.165) is 16.7 Å². The molecular formula is C18H13FN2O4. The molecule has 126 valence electrons. The van der Waals surface area contributed by atoms with Crippen LogP contribution in [0.1, 0.15) is 10.4 Å². The van der Waals surface area contributed by atoms with Gasteiger partial charge >= 0.3 is 5.97 Å². The molecule has 1 heterocycles. The van der Waals surface area contributed by atoms with Gasteiger partial charge in [-0.2, -0.15) is 0 Å². The van der Waals surface area contributed by atoms with E-state index in [4.69, 9.17) is 4.74 Å². The molecule has 0 atom stereocenters. The summed E-state index contributed by atoms with van der Waals surface area (Å²) in [6, 6.07) is 11.7.